The predicted molar refractivity (Wildman–Crippen MR) is 100 cm³/mol. The molecule has 130 valence electrons. The average molecular weight is 326 g/mol. The number of hydrogen-bond donors (Lipinski definition) is 2. The fourth-order valence-electron chi connectivity index (χ4n) is 3.24. The maximum Gasteiger partial charge on any atom is 0.115 e. The number of aliphatic hydroxyl groups is 1. The Bertz CT molecular complexity index is 577. The Balaban J connectivity index is 2.03. The summed E-state index contributed by atoms with van der Waals surface area (Å²) in [6.07, 6.45) is 9.29. The minimum absolute atomic E-state index is 0.227. The topological polar surface area (TPSA) is 40.5 Å². The molecule has 2 aromatic rings. The Morgan fingerprint density at radius 1 is 0.708 bits per heavy atom. The predicted octanol–water partition coefficient (Wildman–Crippen LogP) is 5.77. The molecule has 0 fully saturated rings. The first-order valence-corrected chi connectivity index (χ1v) is 9.24. The van der Waals surface area contributed by atoms with E-state index in [0.29, 0.717) is 6.42 Å². The molecule has 0 aliphatic rings. The lowest BCUT2D eigenvalue weighted by Crippen LogP contribution is -2.27. The number of benzene rings is 2. The normalized spacial score (nSPS) is 13.6. The molecule has 0 aliphatic heterocycles. The highest BCUT2D eigenvalue weighted by molar-refractivity contribution is 5.38. The zero-order valence-corrected chi connectivity index (χ0v) is 14.7. The first-order valence-electron chi connectivity index (χ1n) is 9.24. The van der Waals surface area contributed by atoms with Gasteiger partial charge in [-0.2, -0.15) is 0 Å². The Hall–Kier alpha value is -1.80. The van der Waals surface area contributed by atoms with Gasteiger partial charge in [0.1, 0.15) is 11.4 Å². The van der Waals surface area contributed by atoms with E-state index in [1.807, 2.05) is 42.5 Å². The summed E-state index contributed by atoms with van der Waals surface area (Å²) in [4.78, 5) is 0. The summed E-state index contributed by atoms with van der Waals surface area (Å²) >= 11 is 0. The van der Waals surface area contributed by atoms with Crippen molar-refractivity contribution in [1.29, 1.82) is 0 Å². The second-order valence-electron chi connectivity index (χ2n) is 6.64. The molecule has 2 heteroatoms. The summed E-state index contributed by atoms with van der Waals surface area (Å²) in [5.41, 5.74) is 0.775. The quantitative estimate of drug-likeness (QED) is 0.544. The summed E-state index contributed by atoms with van der Waals surface area (Å²) in [6, 6.07) is 16.8. The average Bonchev–Trinajstić information content (AvgIpc) is 2.62. The number of aromatic hydroxyl groups is 1. The van der Waals surface area contributed by atoms with E-state index in [4.69, 9.17) is 0 Å². The molecular formula is C22H30O2. The molecule has 0 saturated heterocycles. The summed E-state index contributed by atoms with van der Waals surface area (Å²) < 4.78 is 0. The van der Waals surface area contributed by atoms with Gasteiger partial charge in [-0.1, -0.05) is 87.9 Å². The van der Waals surface area contributed by atoms with Crippen LogP contribution in [0, 0.1) is 0 Å². The maximum atomic E-state index is 11.4. The smallest absolute Gasteiger partial charge is 0.115 e. The van der Waals surface area contributed by atoms with Gasteiger partial charge in [-0.3, -0.25) is 0 Å². The monoisotopic (exact) mass is 326 g/mol. The van der Waals surface area contributed by atoms with Crippen molar-refractivity contribution in [2.75, 3.05) is 0 Å². The Labute approximate surface area is 146 Å². The van der Waals surface area contributed by atoms with Crippen LogP contribution in [0.15, 0.2) is 54.6 Å². The molecule has 0 aromatic heterocycles. The number of rotatable bonds is 10. The lowest BCUT2D eigenvalue weighted by atomic mass is 9.82. The standard InChI is InChI=1S/C22H30O2/c1-2-3-4-5-6-7-11-18-22(24,19-12-9-8-10-13-19)20-14-16-21(23)17-15-20/h8-10,12-17,23-24H,2-7,11,18H2,1H3. The minimum Gasteiger partial charge on any atom is -0.508 e. The van der Waals surface area contributed by atoms with E-state index in [0.717, 1.165) is 24.0 Å². The molecule has 0 saturated carbocycles. The highest BCUT2D eigenvalue weighted by atomic mass is 16.3. The lowest BCUT2D eigenvalue weighted by Gasteiger charge is -2.29. The van der Waals surface area contributed by atoms with Crippen molar-refractivity contribution in [2.24, 2.45) is 0 Å². The lowest BCUT2D eigenvalue weighted by molar-refractivity contribution is 0.0678. The van der Waals surface area contributed by atoms with E-state index < -0.39 is 5.60 Å². The molecule has 2 N–H and O–H groups in total. The van der Waals surface area contributed by atoms with E-state index in [1.54, 1.807) is 12.1 Å². The number of unbranched alkanes of at least 4 members (excludes halogenated alkanes) is 6. The van der Waals surface area contributed by atoms with Crippen molar-refractivity contribution < 1.29 is 10.2 Å². The third-order valence-corrected chi connectivity index (χ3v) is 4.74. The van der Waals surface area contributed by atoms with E-state index in [9.17, 15) is 10.2 Å². The second-order valence-corrected chi connectivity index (χ2v) is 6.64. The number of phenols is 1. The molecule has 24 heavy (non-hydrogen) atoms. The Morgan fingerprint density at radius 2 is 1.25 bits per heavy atom. The fourth-order valence-corrected chi connectivity index (χ4v) is 3.24. The summed E-state index contributed by atoms with van der Waals surface area (Å²) in [6.45, 7) is 2.23. The van der Waals surface area contributed by atoms with Gasteiger partial charge in [0, 0.05) is 0 Å². The molecule has 0 radical (unpaired) electrons. The highest BCUT2D eigenvalue weighted by Crippen LogP contribution is 2.35. The van der Waals surface area contributed by atoms with Crippen LogP contribution < -0.4 is 0 Å². The summed E-state index contributed by atoms with van der Waals surface area (Å²) in [7, 11) is 0. The van der Waals surface area contributed by atoms with Gasteiger partial charge in [-0.05, 0) is 36.1 Å². The largest absolute Gasteiger partial charge is 0.508 e. The van der Waals surface area contributed by atoms with Gasteiger partial charge < -0.3 is 10.2 Å². The molecule has 0 bridgehead atoms. The summed E-state index contributed by atoms with van der Waals surface area (Å²) in [5, 5.41) is 20.9. The van der Waals surface area contributed by atoms with Gasteiger partial charge in [0.2, 0.25) is 0 Å². The van der Waals surface area contributed by atoms with Crippen LogP contribution in [0.4, 0.5) is 0 Å². The van der Waals surface area contributed by atoms with Gasteiger partial charge in [-0.15, -0.1) is 0 Å². The Kier molecular flexibility index (Phi) is 7.33. The van der Waals surface area contributed by atoms with Crippen molar-refractivity contribution in [3.05, 3.63) is 65.7 Å². The van der Waals surface area contributed by atoms with Crippen molar-refractivity contribution in [3.8, 4) is 5.75 Å². The van der Waals surface area contributed by atoms with E-state index >= 15 is 0 Å². The first-order chi connectivity index (χ1) is 11.7. The molecule has 0 aliphatic carbocycles. The van der Waals surface area contributed by atoms with Crippen LogP contribution in [0.25, 0.3) is 0 Å². The van der Waals surface area contributed by atoms with Gasteiger partial charge in [0.25, 0.3) is 0 Å². The number of phenolic OH excluding ortho intramolecular Hbond substituents is 1. The van der Waals surface area contributed by atoms with Gasteiger partial charge in [0.15, 0.2) is 0 Å². The molecule has 2 rings (SSSR count). The summed E-state index contributed by atoms with van der Waals surface area (Å²) in [5.74, 6) is 0.227. The molecule has 0 amide bonds. The van der Waals surface area contributed by atoms with Crippen LogP contribution in [0.5, 0.6) is 5.75 Å². The van der Waals surface area contributed by atoms with Crippen LogP contribution in [0.3, 0.4) is 0 Å². The van der Waals surface area contributed by atoms with Crippen LogP contribution >= 0.6 is 0 Å². The van der Waals surface area contributed by atoms with E-state index in [2.05, 4.69) is 6.92 Å². The van der Waals surface area contributed by atoms with Crippen LogP contribution in [-0.4, -0.2) is 10.2 Å². The van der Waals surface area contributed by atoms with Crippen molar-refractivity contribution >= 4 is 0 Å². The maximum absolute atomic E-state index is 11.4. The molecule has 2 aromatic carbocycles. The van der Waals surface area contributed by atoms with E-state index in [-0.39, 0.29) is 5.75 Å². The molecule has 0 heterocycles. The molecular weight excluding hydrogens is 296 g/mol. The van der Waals surface area contributed by atoms with Gasteiger partial charge in [-0.25, -0.2) is 0 Å². The fraction of sp³-hybridized carbons (Fsp3) is 0.455. The molecule has 0 spiro atoms. The first kappa shape index (κ1) is 18.5. The van der Waals surface area contributed by atoms with Gasteiger partial charge >= 0.3 is 0 Å². The molecule has 1 unspecified atom stereocenters. The number of hydrogen-bond acceptors (Lipinski definition) is 2. The second kappa shape index (κ2) is 9.48. The van der Waals surface area contributed by atoms with Crippen LogP contribution in [0.1, 0.15) is 69.4 Å². The van der Waals surface area contributed by atoms with Gasteiger partial charge in [0.05, 0.1) is 0 Å². The third kappa shape index (κ3) is 5.10. The van der Waals surface area contributed by atoms with Crippen molar-refractivity contribution in [1.82, 2.24) is 0 Å². The van der Waals surface area contributed by atoms with Crippen molar-refractivity contribution in [2.45, 2.75) is 63.9 Å². The van der Waals surface area contributed by atoms with Crippen molar-refractivity contribution in [3.63, 3.8) is 0 Å². The van der Waals surface area contributed by atoms with Crippen LogP contribution in [-0.2, 0) is 5.60 Å². The minimum atomic E-state index is -0.988. The highest BCUT2D eigenvalue weighted by Gasteiger charge is 2.30. The Morgan fingerprint density at radius 3 is 1.88 bits per heavy atom. The van der Waals surface area contributed by atoms with Crippen LogP contribution in [0.2, 0.25) is 0 Å². The molecule has 1 atom stereocenters. The molecule has 2 nitrogen and oxygen atoms in total. The third-order valence-electron chi connectivity index (χ3n) is 4.74. The van der Waals surface area contributed by atoms with E-state index in [1.165, 1.54) is 32.1 Å². The zero-order valence-electron chi connectivity index (χ0n) is 14.7. The SMILES string of the molecule is CCCCCCCCCC(O)(c1ccccc1)c1ccc(O)cc1. The zero-order chi connectivity index (χ0) is 17.3.